The molecule has 6 heteroatoms. The molecule has 27 heavy (non-hydrogen) atoms. The zero-order valence-electron chi connectivity index (χ0n) is 16.7. The first-order valence-corrected chi connectivity index (χ1v) is 9.86. The molecule has 2 aliphatic heterocycles. The Morgan fingerprint density at radius 1 is 1.30 bits per heavy atom. The van der Waals surface area contributed by atoms with Gasteiger partial charge in [-0.05, 0) is 50.4 Å². The summed E-state index contributed by atoms with van der Waals surface area (Å²) in [6, 6.07) is 7.92. The fourth-order valence-electron chi connectivity index (χ4n) is 4.25. The summed E-state index contributed by atoms with van der Waals surface area (Å²) in [4.78, 5) is 31.4. The molecule has 0 saturated carbocycles. The standard InChI is InChI=1S/C21H31N3O3/c1-4-22(2)19(25)15-23-12-10-21(16-23)9-6-11-24(20(21)26)14-17-7-5-8-18(13-17)27-3/h5,7-8,13H,4,6,9-12,14-16H2,1-3H3/t21-/m0/s1. The van der Waals surface area contributed by atoms with Crippen molar-refractivity contribution in [1.29, 1.82) is 0 Å². The summed E-state index contributed by atoms with van der Waals surface area (Å²) in [6.07, 6.45) is 2.80. The molecule has 3 rings (SSSR count). The first kappa shape index (κ1) is 19.7. The summed E-state index contributed by atoms with van der Waals surface area (Å²) in [5.74, 6) is 1.19. The highest BCUT2D eigenvalue weighted by atomic mass is 16.5. The van der Waals surface area contributed by atoms with Crippen LogP contribution in [-0.4, -0.2) is 73.4 Å². The van der Waals surface area contributed by atoms with Crippen LogP contribution < -0.4 is 4.74 Å². The number of rotatable bonds is 6. The predicted molar refractivity (Wildman–Crippen MR) is 104 cm³/mol. The molecule has 2 saturated heterocycles. The summed E-state index contributed by atoms with van der Waals surface area (Å²) in [6.45, 7) is 6.04. The van der Waals surface area contributed by atoms with Crippen molar-refractivity contribution < 1.29 is 14.3 Å². The third-order valence-corrected chi connectivity index (χ3v) is 6.02. The van der Waals surface area contributed by atoms with E-state index in [-0.39, 0.29) is 17.2 Å². The van der Waals surface area contributed by atoms with E-state index in [1.807, 2.05) is 43.1 Å². The van der Waals surface area contributed by atoms with Crippen LogP contribution in [0.3, 0.4) is 0 Å². The van der Waals surface area contributed by atoms with Gasteiger partial charge in [-0.25, -0.2) is 0 Å². The molecule has 6 nitrogen and oxygen atoms in total. The lowest BCUT2D eigenvalue weighted by Gasteiger charge is -2.39. The minimum absolute atomic E-state index is 0.131. The number of carbonyl (C=O) groups is 2. The number of ether oxygens (including phenoxy) is 1. The van der Waals surface area contributed by atoms with Crippen molar-refractivity contribution in [3.63, 3.8) is 0 Å². The maximum atomic E-state index is 13.3. The number of benzene rings is 1. The van der Waals surface area contributed by atoms with Crippen LogP contribution in [0.25, 0.3) is 0 Å². The molecule has 1 aromatic carbocycles. The molecule has 0 bridgehead atoms. The number of methoxy groups -OCH3 is 1. The Morgan fingerprint density at radius 3 is 2.85 bits per heavy atom. The number of carbonyl (C=O) groups excluding carboxylic acids is 2. The van der Waals surface area contributed by atoms with E-state index in [1.165, 1.54) is 0 Å². The maximum absolute atomic E-state index is 13.3. The number of likely N-dealkylation sites (tertiary alicyclic amines) is 2. The molecule has 1 aromatic rings. The molecule has 2 amide bonds. The molecule has 0 aliphatic carbocycles. The largest absolute Gasteiger partial charge is 0.497 e. The first-order valence-electron chi connectivity index (χ1n) is 9.86. The maximum Gasteiger partial charge on any atom is 0.236 e. The number of hydrogen-bond acceptors (Lipinski definition) is 4. The molecule has 0 N–H and O–H groups in total. The van der Waals surface area contributed by atoms with Crippen molar-refractivity contribution in [2.45, 2.75) is 32.7 Å². The Morgan fingerprint density at radius 2 is 2.11 bits per heavy atom. The third-order valence-electron chi connectivity index (χ3n) is 6.02. The summed E-state index contributed by atoms with van der Waals surface area (Å²) in [5.41, 5.74) is 0.775. The Bertz CT molecular complexity index is 693. The number of likely N-dealkylation sites (N-methyl/N-ethyl adjacent to an activating group) is 1. The highest BCUT2D eigenvalue weighted by Gasteiger charge is 2.48. The van der Waals surface area contributed by atoms with Crippen LogP contribution in [0.4, 0.5) is 0 Å². The van der Waals surface area contributed by atoms with Crippen LogP contribution in [0.15, 0.2) is 24.3 Å². The number of nitrogens with zero attached hydrogens (tertiary/aromatic N) is 3. The van der Waals surface area contributed by atoms with Crippen molar-refractivity contribution >= 4 is 11.8 Å². The summed E-state index contributed by atoms with van der Waals surface area (Å²) < 4.78 is 5.30. The monoisotopic (exact) mass is 373 g/mol. The van der Waals surface area contributed by atoms with Crippen LogP contribution >= 0.6 is 0 Å². The smallest absolute Gasteiger partial charge is 0.236 e. The van der Waals surface area contributed by atoms with E-state index < -0.39 is 0 Å². The third kappa shape index (κ3) is 4.26. The van der Waals surface area contributed by atoms with Crippen LogP contribution in [0, 0.1) is 5.41 Å². The minimum atomic E-state index is -0.317. The predicted octanol–water partition coefficient (Wildman–Crippen LogP) is 1.99. The molecule has 1 spiro atoms. The van der Waals surface area contributed by atoms with Gasteiger partial charge in [0.05, 0.1) is 19.1 Å². The molecule has 2 fully saturated rings. The quantitative estimate of drug-likeness (QED) is 0.765. The lowest BCUT2D eigenvalue weighted by atomic mass is 9.78. The molecule has 0 unspecified atom stereocenters. The Hall–Kier alpha value is -2.08. The van der Waals surface area contributed by atoms with E-state index in [9.17, 15) is 9.59 Å². The van der Waals surface area contributed by atoms with Gasteiger partial charge in [0, 0.05) is 33.2 Å². The van der Waals surface area contributed by atoms with Crippen molar-refractivity contribution in [1.82, 2.24) is 14.7 Å². The lowest BCUT2D eigenvalue weighted by Crippen LogP contribution is -2.50. The minimum Gasteiger partial charge on any atom is -0.497 e. The molecular formula is C21H31N3O3. The average molecular weight is 373 g/mol. The van der Waals surface area contributed by atoms with Gasteiger partial charge in [0.1, 0.15) is 5.75 Å². The highest BCUT2D eigenvalue weighted by molar-refractivity contribution is 5.84. The van der Waals surface area contributed by atoms with Crippen molar-refractivity contribution in [3.05, 3.63) is 29.8 Å². The lowest BCUT2D eigenvalue weighted by molar-refractivity contribution is -0.146. The molecule has 148 valence electrons. The second kappa shape index (κ2) is 8.30. The SMILES string of the molecule is CCN(C)C(=O)CN1CC[C@@]2(CCCN(Cc3cccc(OC)c3)C2=O)C1. The van der Waals surface area contributed by atoms with E-state index in [1.54, 1.807) is 12.0 Å². The number of piperidine rings is 1. The van der Waals surface area contributed by atoms with E-state index >= 15 is 0 Å². The topological polar surface area (TPSA) is 53.1 Å². The van der Waals surface area contributed by atoms with Crippen LogP contribution in [-0.2, 0) is 16.1 Å². The zero-order valence-corrected chi connectivity index (χ0v) is 16.7. The van der Waals surface area contributed by atoms with Crippen LogP contribution in [0.5, 0.6) is 5.75 Å². The van der Waals surface area contributed by atoms with Crippen molar-refractivity contribution in [2.24, 2.45) is 5.41 Å². The van der Waals surface area contributed by atoms with Crippen molar-refractivity contribution in [3.8, 4) is 5.75 Å². The second-order valence-electron chi connectivity index (χ2n) is 7.83. The number of amides is 2. The molecule has 0 aromatic heterocycles. The molecular weight excluding hydrogens is 342 g/mol. The molecule has 2 aliphatic rings. The van der Waals surface area contributed by atoms with Gasteiger partial charge in [0.15, 0.2) is 0 Å². The van der Waals surface area contributed by atoms with Gasteiger partial charge >= 0.3 is 0 Å². The van der Waals surface area contributed by atoms with Crippen molar-refractivity contribution in [2.75, 3.05) is 46.9 Å². The molecule has 0 radical (unpaired) electrons. The second-order valence-corrected chi connectivity index (χ2v) is 7.83. The molecule has 1 atom stereocenters. The Kier molecular flexibility index (Phi) is 6.05. The van der Waals surface area contributed by atoms with Gasteiger partial charge in [-0.15, -0.1) is 0 Å². The normalized spacial score (nSPS) is 23.1. The summed E-state index contributed by atoms with van der Waals surface area (Å²) in [5, 5.41) is 0. The van der Waals surface area contributed by atoms with E-state index in [4.69, 9.17) is 4.74 Å². The van der Waals surface area contributed by atoms with Crippen LogP contribution in [0.1, 0.15) is 31.7 Å². The Balaban J connectivity index is 1.65. The van der Waals surface area contributed by atoms with Gasteiger partial charge in [-0.3, -0.25) is 14.5 Å². The van der Waals surface area contributed by atoms with Crippen LogP contribution in [0.2, 0.25) is 0 Å². The highest BCUT2D eigenvalue weighted by Crippen LogP contribution is 2.40. The van der Waals surface area contributed by atoms with Gasteiger partial charge in [-0.1, -0.05) is 12.1 Å². The summed E-state index contributed by atoms with van der Waals surface area (Å²) >= 11 is 0. The van der Waals surface area contributed by atoms with Gasteiger partial charge < -0.3 is 14.5 Å². The average Bonchev–Trinajstić information content (AvgIpc) is 3.08. The molecule has 2 heterocycles. The van der Waals surface area contributed by atoms with E-state index in [2.05, 4.69) is 4.90 Å². The van der Waals surface area contributed by atoms with E-state index in [0.717, 1.165) is 43.7 Å². The number of hydrogen-bond donors (Lipinski definition) is 0. The zero-order chi connectivity index (χ0) is 19.4. The van der Waals surface area contributed by atoms with Gasteiger partial charge in [0.2, 0.25) is 11.8 Å². The van der Waals surface area contributed by atoms with Gasteiger partial charge in [-0.2, -0.15) is 0 Å². The van der Waals surface area contributed by atoms with E-state index in [0.29, 0.717) is 26.2 Å². The fourth-order valence-corrected chi connectivity index (χ4v) is 4.25. The first-order chi connectivity index (χ1) is 13.0. The summed E-state index contributed by atoms with van der Waals surface area (Å²) in [7, 11) is 3.49. The fraction of sp³-hybridized carbons (Fsp3) is 0.619. The van der Waals surface area contributed by atoms with Gasteiger partial charge in [0.25, 0.3) is 0 Å². The Labute approximate surface area is 162 Å².